The van der Waals surface area contributed by atoms with Crippen molar-refractivity contribution in [3.8, 4) is 11.3 Å². The predicted octanol–water partition coefficient (Wildman–Crippen LogP) is 4.42. The Balaban J connectivity index is 1.51. The molecule has 1 saturated carbocycles. The van der Waals surface area contributed by atoms with Gasteiger partial charge in [-0.2, -0.15) is 0 Å². The number of anilines is 1. The quantitative estimate of drug-likeness (QED) is 0.681. The van der Waals surface area contributed by atoms with Gasteiger partial charge in [-0.1, -0.05) is 32.1 Å². The average Bonchev–Trinajstić information content (AvgIpc) is 2.83. The van der Waals surface area contributed by atoms with Crippen LogP contribution in [0.1, 0.15) is 68.9 Å². The Morgan fingerprint density at radius 1 is 1.06 bits per heavy atom. The molecule has 4 rings (SSSR count). The molecule has 2 fully saturated rings. The first kappa shape index (κ1) is 24.9. The Hall–Kier alpha value is -3.16. The highest BCUT2D eigenvalue weighted by Gasteiger charge is 2.27. The first-order chi connectivity index (χ1) is 16.7. The smallest absolute Gasteiger partial charge is 0.410 e. The van der Waals surface area contributed by atoms with Crippen LogP contribution in [0.5, 0.6) is 0 Å². The Morgan fingerprint density at radius 3 is 2.43 bits per heavy atom. The molecule has 35 heavy (non-hydrogen) atoms. The molecule has 0 unspecified atom stereocenters. The second-order valence-corrected chi connectivity index (χ2v) is 10.7. The fraction of sp³-hybridized carbons (Fsp3) is 0.556. The molecule has 1 aliphatic heterocycles. The number of carbonyl (C=O) groups is 2. The van der Waals surface area contributed by atoms with Crippen LogP contribution in [0, 0.1) is 5.92 Å². The molecule has 1 saturated heterocycles. The fourth-order valence-electron chi connectivity index (χ4n) is 4.85. The van der Waals surface area contributed by atoms with E-state index in [1.165, 1.54) is 32.1 Å². The van der Waals surface area contributed by atoms with Gasteiger partial charge < -0.3 is 20.3 Å². The van der Waals surface area contributed by atoms with E-state index in [4.69, 9.17) is 15.5 Å². The number of nitrogens with zero attached hydrogens (tertiary/aromatic N) is 4. The molecule has 188 valence electrons. The van der Waals surface area contributed by atoms with Crippen LogP contribution < -0.4 is 10.6 Å². The Morgan fingerprint density at radius 2 is 1.77 bits per heavy atom. The highest BCUT2D eigenvalue weighted by atomic mass is 16.6. The van der Waals surface area contributed by atoms with Gasteiger partial charge in [0.05, 0.1) is 5.69 Å². The van der Waals surface area contributed by atoms with Crippen molar-refractivity contribution in [1.82, 2.24) is 14.9 Å². The average molecular weight is 480 g/mol. The predicted molar refractivity (Wildman–Crippen MR) is 136 cm³/mol. The number of hydrogen-bond donors (Lipinski definition) is 1. The molecule has 2 aromatic rings. The maximum absolute atomic E-state index is 12.4. The summed E-state index contributed by atoms with van der Waals surface area (Å²) in [5.41, 5.74) is 8.26. The molecular weight excluding hydrogens is 442 g/mol. The van der Waals surface area contributed by atoms with E-state index < -0.39 is 11.5 Å². The van der Waals surface area contributed by atoms with Gasteiger partial charge in [0.15, 0.2) is 0 Å². The zero-order valence-corrected chi connectivity index (χ0v) is 21.1. The van der Waals surface area contributed by atoms with Crippen molar-refractivity contribution in [2.75, 3.05) is 31.1 Å². The van der Waals surface area contributed by atoms with Crippen LogP contribution in [0.3, 0.4) is 0 Å². The van der Waals surface area contributed by atoms with Crippen LogP contribution in [-0.2, 0) is 11.2 Å². The van der Waals surface area contributed by atoms with Crippen LogP contribution in [-0.4, -0.2) is 58.6 Å². The number of hydrogen-bond acceptors (Lipinski definition) is 6. The first-order valence-corrected chi connectivity index (χ1v) is 12.7. The van der Waals surface area contributed by atoms with Gasteiger partial charge in [0.25, 0.3) is 0 Å². The number of rotatable bonds is 5. The van der Waals surface area contributed by atoms with Crippen molar-refractivity contribution in [2.45, 2.75) is 64.9 Å². The number of nitrogens with two attached hydrogens (primary N) is 1. The molecule has 0 aromatic carbocycles. The second kappa shape index (κ2) is 10.6. The molecule has 0 spiro atoms. The van der Waals surface area contributed by atoms with E-state index in [1.54, 1.807) is 17.0 Å². The van der Waals surface area contributed by atoms with Crippen molar-refractivity contribution < 1.29 is 14.3 Å². The third kappa shape index (κ3) is 6.71. The van der Waals surface area contributed by atoms with Gasteiger partial charge in [-0.25, -0.2) is 9.78 Å². The van der Waals surface area contributed by atoms with Gasteiger partial charge in [0.1, 0.15) is 11.4 Å². The summed E-state index contributed by atoms with van der Waals surface area (Å²) in [6.45, 7) is 7.82. The van der Waals surface area contributed by atoms with Crippen LogP contribution >= 0.6 is 0 Å². The zero-order valence-electron chi connectivity index (χ0n) is 21.1. The molecule has 2 aromatic heterocycles. The summed E-state index contributed by atoms with van der Waals surface area (Å²) in [5, 5.41) is 0. The Bertz CT molecular complexity index is 1050. The second-order valence-electron chi connectivity index (χ2n) is 10.7. The summed E-state index contributed by atoms with van der Waals surface area (Å²) >= 11 is 0. The number of amides is 2. The summed E-state index contributed by atoms with van der Waals surface area (Å²) in [6.07, 6.45) is 8.96. The standard InChI is InChI=1S/C27H37N5O3/c1-27(2,3)35-26(34)32-13-11-31(12-14-32)24-18-21(25(28)33)17-23(30-24)20-9-10-29-22(16-20)15-19-7-5-4-6-8-19/h9-10,16-19H,4-8,11-15H2,1-3H3,(H2,28,33). The first-order valence-electron chi connectivity index (χ1n) is 12.7. The van der Waals surface area contributed by atoms with Crippen LogP contribution in [0.2, 0.25) is 0 Å². The highest BCUT2D eigenvalue weighted by Crippen LogP contribution is 2.29. The lowest BCUT2D eigenvalue weighted by Gasteiger charge is -2.36. The van der Waals surface area contributed by atoms with Crippen LogP contribution in [0.25, 0.3) is 11.3 Å². The number of carbonyl (C=O) groups excluding carboxylic acids is 2. The van der Waals surface area contributed by atoms with Gasteiger partial charge in [-0.3, -0.25) is 9.78 Å². The summed E-state index contributed by atoms with van der Waals surface area (Å²) in [6, 6.07) is 7.51. The minimum atomic E-state index is -0.527. The molecule has 8 heteroatoms. The van der Waals surface area contributed by atoms with Crippen molar-refractivity contribution in [1.29, 1.82) is 0 Å². The SMILES string of the molecule is CC(C)(C)OC(=O)N1CCN(c2cc(C(N)=O)cc(-c3ccnc(CC4CCCCC4)c3)n2)CC1. The summed E-state index contributed by atoms with van der Waals surface area (Å²) < 4.78 is 5.50. The van der Waals surface area contributed by atoms with Crippen LogP contribution in [0.15, 0.2) is 30.5 Å². The topological polar surface area (TPSA) is 102 Å². The lowest BCUT2D eigenvalue weighted by Crippen LogP contribution is -2.50. The fourth-order valence-corrected chi connectivity index (χ4v) is 4.85. The third-order valence-corrected chi connectivity index (χ3v) is 6.69. The van der Waals surface area contributed by atoms with Crippen molar-refractivity contribution >= 4 is 17.8 Å². The van der Waals surface area contributed by atoms with Gasteiger partial charge in [0, 0.05) is 49.2 Å². The van der Waals surface area contributed by atoms with Gasteiger partial charge in [-0.05, 0) is 57.4 Å². The number of aromatic nitrogens is 2. The molecular formula is C27H37N5O3. The number of piperazine rings is 1. The van der Waals surface area contributed by atoms with Gasteiger partial charge >= 0.3 is 6.09 Å². The Labute approximate surface area is 207 Å². The largest absolute Gasteiger partial charge is 0.444 e. The highest BCUT2D eigenvalue weighted by molar-refractivity contribution is 5.94. The molecule has 0 radical (unpaired) electrons. The molecule has 2 aliphatic rings. The van der Waals surface area contributed by atoms with E-state index in [-0.39, 0.29) is 6.09 Å². The summed E-state index contributed by atoms with van der Waals surface area (Å²) in [7, 11) is 0. The lowest BCUT2D eigenvalue weighted by atomic mass is 9.86. The van der Waals surface area contributed by atoms with Crippen LogP contribution in [0.4, 0.5) is 10.6 Å². The third-order valence-electron chi connectivity index (χ3n) is 6.69. The minimum Gasteiger partial charge on any atom is -0.444 e. The maximum atomic E-state index is 12.4. The normalized spacial score (nSPS) is 17.3. The Kier molecular flexibility index (Phi) is 7.57. The summed E-state index contributed by atoms with van der Waals surface area (Å²) in [4.78, 5) is 37.8. The maximum Gasteiger partial charge on any atom is 0.410 e. The molecule has 0 atom stereocenters. The molecule has 8 nitrogen and oxygen atoms in total. The monoisotopic (exact) mass is 479 g/mol. The summed E-state index contributed by atoms with van der Waals surface area (Å²) in [5.74, 6) is 0.887. The molecule has 2 amide bonds. The van der Waals surface area contributed by atoms with E-state index in [0.29, 0.717) is 49.2 Å². The van der Waals surface area contributed by atoms with E-state index in [2.05, 4.69) is 16.0 Å². The zero-order chi connectivity index (χ0) is 25.0. The molecule has 1 aliphatic carbocycles. The van der Waals surface area contributed by atoms with E-state index in [0.717, 1.165) is 17.7 Å². The van der Waals surface area contributed by atoms with Crippen molar-refractivity contribution in [3.05, 3.63) is 41.7 Å². The van der Waals surface area contributed by atoms with E-state index >= 15 is 0 Å². The van der Waals surface area contributed by atoms with Gasteiger partial charge in [0.2, 0.25) is 5.91 Å². The number of ether oxygens (including phenoxy) is 1. The van der Waals surface area contributed by atoms with Gasteiger partial charge in [-0.15, -0.1) is 0 Å². The number of pyridine rings is 2. The molecule has 0 bridgehead atoms. The lowest BCUT2D eigenvalue weighted by molar-refractivity contribution is 0.0240. The van der Waals surface area contributed by atoms with Crippen molar-refractivity contribution in [3.63, 3.8) is 0 Å². The molecule has 3 heterocycles. The number of primary amides is 1. The minimum absolute atomic E-state index is 0.307. The van der Waals surface area contributed by atoms with E-state index in [9.17, 15) is 9.59 Å². The van der Waals surface area contributed by atoms with E-state index in [1.807, 2.05) is 33.0 Å². The van der Waals surface area contributed by atoms with Crippen molar-refractivity contribution in [2.24, 2.45) is 11.7 Å². The molecule has 2 N–H and O–H groups in total.